The Kier molecular flexibility index (Phi) is 4.65. The average Bonchev–Trinajstić information content (AvgIpc) is 2.31. The highest BCUT2D eigenvalue weighted by Gasteiger charge is 2.12. The highest BCUT2D eigenvalue weighted by Crippen LogP contribution is 2.17. The summed E-state index contributed by atoms with van der Waals surface area (Å²) >= 11 is 0. The van der Waals surface area contributed by atoms with Crippen LogP contribution in [-0.4, -0.2) is 35.6 Å². The number of hydrogen-bond acceptors (Lipinski definition) is 2. The Morgan fingerprint density at radius 2 is 2.11 bits per heavy atom. The summed E-state index contributed by atoms with van der Waals surface area (Å²) in [6, 6.07) is 3.92. The van der Waals surface area contributed by atoms with E-state index in [9.17, 15) is 14.0 Å². The maximum atomic E-state index is 13.2. The van der Waals surface area contributed by atoms with Crippen LogP contribution in [-0.2, 0) is 4.79 Å². The lowest BCUT2D eigenvalue weighted by molar-refractivity contribution is -0.137. The number of anilines is 1. The van der Waals surface area contributed by atoms with Crippen LogP contribution >= 0.6 is 0 Å². The summed E-state index contributed by atoms with van der Waals surface area (Å²) < 4.78 is 13.2. The van der Waals surface area contributed by atoms with Gasteiger partial charge in [-0.2, -0.15) is 0 Å². The predicted molar refractivity (Wildman–Crippen MR) is 65.0 cm³/mol. The minimum Gasteiger partial charge on any atom is -0.481 e. The number of benzene rings is 1. The molecule has 0 saturated heterocycles. The van der Waals surface area contributed by atoms with E-state index in [0.717, 1.165) is 0 Å². The molecule has 0 aliphatic heterocycles. The molecule has 5 nitrogen and oxygen atoms in total. The van der Waals surface area contributed by atoms with E-state index in [1.165, 1.54) is 24.1 Å². The van der Waals surface area contributed by atoms with Crippen LogP contribution in [0.3, 0.4) is 0 Å². The van der Waals surface area contributed by atoms with Crippen LogP contribution in [0.25, 0.3) is 0 Å². The van der Waals surface area contributed by atoms with Crippen molar-refractivity contribution < 1.29 is 19.1 Å². The minimum absolute atomic E-state index is 0.0928. The summed E-state index contributed by atoms with van der Waals surface area (Å²) in [5, 5.41) is 11.0. The van der Waals surface area contributed by atoms with Crippen molar-refractivity contribution in [3.05, 3.63) is 29.6 Å². The molecule has 0 aliphatic rings. The second-order valence-corrected chi connectivity index (χ2v) is 3.91. The zero-order valence-electron chi connectivity index (χ0n) is 10.2. The number of aliphatic carboxylic acids is 1. The Bertz CT molecular complexity index is 463. The third-order valence-electron chi connectivity index (χ3n) is 2.52. The molecule has 0 saturated carbocycles. The molecule has 1 aromatic carbocycles. The normalized spacial score (nSPS) is 9.94. The van der Waals surface area contributed by atoms with Gasteiger partial charge in [0, 0.05) is 24.8 Å². The molecule has 0 fully saturated rings. The summed E-state index contributed by atoms with van der Waals surface area (Å²) in [5.41, 5.74) is 0.722. The number of amides is 2. The minimum atomic E-state index is -0.975. The van der Waals surface area contributed by atoms with Crippen molar-refractivity contribution in [1.82, 2.24) is 4.90 Å². The molecule has 0 aromatic heterocycles. The number of rotatable bonds is 4. The molecule has 98 valence electrons. The molecule has 18 heavy (non-hydrogen) atoms. The molecule has 2 N–H and O–H groups in total. The summed E-state index contributed by atoms with van der Waals surface area (Å²) in [6.45, 7) is 1.65. The second kappa shape index (κ2) is 6.00. The zero-order chi connectivity index (χ0) is 13.7. The Hall–Kier alpha value is -2.11. The van der Waals surface area contributed by atoms with Crippen molar-refractivity contribution in [1.29, 1.82) is 0 Å². The third kappa shape index (κ3) is 3.73. The molecule has 0 unspecified atom stereocenters. The number of carbonyl (C=O) groups excluding carboxylic acids is 1. The van der Waals surface area contributed by atoms with Crippen molar-refractivity contribution in [3.8, 4) is 0 Å². The van der Waals surface area contributed by atoms with Gasteiger partial charge >= 0.3 is 12.0 Å². The Morgan fingerprint density at radius 3 is 2.72 bits per heavy atom. The maximum absolute atomic E-state index is 13.2. The monoisotopic (exact) mass is 254 g/mol. The van der Waals surface area contributed by atoms with Gasteiger partial charge in [-0.25, -0.2) is 9.18 Å². The van der Waals surface area contributed by atoms with E-state index < -0.39 is 17.8 Å². The van der Waals surface area contributed by atoms with Crippen LogP contribution in [0.5, 0.6) is 0 Å². The molecule has 1 aromatic rings. The largest absolute Gasteiger partial charge is 0.481 e. The second-order valence-electron chi connectivity index (χ2n) is 3.91. The van der Waals surface area contributed by atoms with Crippen LogP contribution in [0.1, 0.15) is 12.0 Å². The van der Waals surface area contributed by atoms with Crippen molar-refractivity contribution in [2.75, 3.05) is 18.9 Å². The lowest BCUT2D eigenvalue weighted by atomic mass is 10.2. The van der Waals surface area contributed by atoms with Crippen molar-refractivity contribution in [3.63, 3.8) is 0 Å². The van der Waals surface area contributed by atoms with Gasteiger partial charge in [0.2, 0.25) is 0 Å². The van der Waals surface area contributed by atoms with Crippen LogP contribution in [0.15, 0.2) is 18.2 Å². The number of nitrogens with one attached hydrogen (secondary N) is 1. The number of hydrogen-bond donors (Lipinski definition) is 2. The number of carbonyl (C=O) groups is 2. The molecule has 6 heteroatoms. The Balaban J connectivity index is 2.64. The Morgan fingerprint density at radius 1 is 1.44 bits per heavy atom. The first-order chi connectivity index (χ1) is 8.41. The quantitative estimate of drug-likeness (QED) is 0.864. The summed E-state index contributed by atoms with van der Waals surface area (Å²) in [5.74, 6) is -1.38. The van der Waals surface area contributed by atoms with E-state index in [-0.39, 0.29) is 13.0 Å². The van der Waals surface area contributed by atoms with E-state index in [1.807, 2.05) is 0 Å². The predicted octanol–water partition coefficient (Wildman–Crippen LogP) is 2.07. The lowest BCUT2D eigenvalue weighted by Gasteiger charge is -2.17. The third-order valence-corrected chi connectivity index (χ3v) is 2.52. The van der Waals surface area contributed by atoms with E-state index in [0.29, 0.717) is 11.3 Å². The SMILES string of the molecule is Cc1c(F)cccc1NC(=O)N(C)CCC(=O)O. The van der Waals surface area contributed by atoms with Gasteiger partial charge in [0.25, 0.3) is 0 Å². The zero-order valence-corrected chi connectivity index (χ0v) is 10.2. The number of urea groups is 1. The van der Waals surface area contributed by atoms with Crippen molar-refractivity contribution in [2.45, 2.75) is 13.3 Å². The fourth-order valence-electron chi connectivity index (χ4n) is 1.32. The van der Waals surface area contributed by atoms with Gasteiger partial charge in [-0.1, -0.05) is 6.07 Å². The topological polar surface area (TPSA) is 69.6 Å². The molecule has 0 bridgehead atoms. The van der Waals surface area contributed by atoms with E-state index >= 15 is 0 Å². The lowest BCUT2D eigenvalue weighted by Crippen LogP contribution is -2.33. The number of carboxylic acid groups (broad SMARTS) is 1. The standard InChI is InChI=1S/C12H15FN2O3/c1-8-9(13)4-3-5-10(8)14-12(18)15(2)7-6-11(16)17/h3-5H,6-7H2,1-2H3,(H,14,18)(H,16,17). The van der Waals surface area contributed by atoms with Gasteiger partial charge in [0.15, 0.2) is 0 Å². The van der Waals surface area contributed by atoms with Gasteiger partial charge in [0.1, 0.15) is 5.82 Å². The summed E-state index contributed by atoms with van der Waals surface area (Å²) in [7, 11) is 1.48. The first kappa shape index (κ1) is 14.0. The molecule has 0 aliphatic carbocycles. The molecular formula is C12H15FN2O3. The highest BCUT2D eigenvalue weighted by atomic mass is 19.1. The van der Waals surface area contributed by atoms with Gasteiger partial charge in [-0.15, -0.1) is 0 Å². The van der Waals surface area contributed by atoms with E-state index in [1.54, 1.807) is 13.0 Å². The van der Waals surface area contributed by atoms with Gasteiger partial charge in [-0.3, -0.25) is 4.79 Å². The first-order valence-corrected chi connectivity index (χ1v) is 5.41. The molecule has 0 heterocycles. The molecular weight excluding hydrogens is 239 g/mol. The van der Waals surface area contributed by atoms with Crippen LogP contribution in [0, 0.1) is 12.7 Å². The first-order valence-electron chi connectivity index (χ1n) is 5.41. The van der Waals surface area contributed by atoms with Crippen LogP contribution in [0.4, 0.5) is 14.9 Å². The fourth-order valence-corrected chi connectivity index (χ4v) is 1.32. The van der Waals surface area contributed by atoms with E-state index in [2.05, 4.69) is 5.32 Å². The number of halogens is 1. The van der Waals surface area contributed by atoms with Crippen LogP contribution in [0.2, 0.25) is 0 Å². The van der Waals surface area contributed by atoms with Gasteiger partial charge in [0.05, 0.1) is 6.42 Å². The van der Waals surface area contributed by atoms with E-state index in [4.69, 9.17) is 5.11 Å². The Labute approximate surface area is 104 Å². The molecule has 0 spiro atoms. The molecule has 0 radical (unpaired) electrons. The maximum Gasteiger partial charge on any atom is 0.321 e. The van der Waals surface area contributed by atoms with Crippen molar-refractivity contribution >= 4 is 17.7 Å². The number of carboxylic acids is 1. The summed E-state index contributed by atoms with van der Waals surface area (Å²) in [4.78, 5) is 23.3. The van der Waals surface area contributed by atoms with Crippen LogP contribution < -0.4 is 5.32 Å². The fraction of sp³-hybridized carbons (Fsp3) is 0.333. The molecule has 0 atom stereocenters. The van der Waals surface area contributed by atoms with Gasteiger partial charge in [-0.05, 0) is 19.1 Å². The average molecular weight is 254 g/mol. The highest BCUT2D eigenvalue weighted by molar-refractivity contribution is 5.90. The summed E-state index contributed by atoms with van der Waals surface area (Å²) in [6.07, 6.45) is -0.133. The number of nitrogens with zero attached hydrogens (tertiary/aromatic N) is 1. The van der Waals surface area contributed by atoms with Gasteiger partial charge < -0.3 is 15.3 Å². The molecule has 2 amide bonds. The smallest absolute Gasteiger partial charge is 0.321 e. The molecule has 1 rings (SSSR count). The van der Waals surface area contributed by atoms with Crippen molar-refractivity contribution in [2.24, 2.45) is 0 Å².